The number of hydrogen-bond donors (Lipinski definition) is 1. The summed E-state index contributed by atoms with van der Waals surface area (Å²) < 4.78 is 5.56. The molecule has 0 spiro atoms. The fourth-order valence-corrected chi connectivity index (χ4v) is 2.83. The van der Waals surface area contributed by atoms with Crippen LogP contribution in [-0.4, -0.2) is 50.2 Å². The van der Waals surface area contributed by atoms with E-state index >= 15 is 0 Å². The van der Waals surface area contributed by atoms with Crippen molar-refractivity contribution in [1.29, 1.82) is 0 Å². The molecule has 0 unspecified atom stereocenters. The molecule has 1 saturated heterocycles. The predicted octanol–water partition coefficient (Wildman–Crippen LogP) is 1.01. The third kappa shape index (κ3) is 2.63. The maximum atomic E-state index is 12.5. The van der Waals surface area contributed by atoms with Gasteiger partial charge in [0.05, 0.1) is 0 Å². The van der Waals surface area contributed by atoms with Crippen LogP contribution in [-0.2, 0) is 9.53 Å². The lowest BCUT2D eigenvalue weighted by atomic mass is 9.84. The molecular formula is C13H24N2O2. The number of nitrogens with one attached hydrogen (secondary N) is 1. The number of hydrogen-bond acceptors (Lipinski definition) is 3. The van der Waals surface area contributed by atoms with E-state index in [1.807, 2.05) is 11.9 Å². The molecule has 0 aromatic carbocycles. The number of piperidine rings is 1. The van der Waals surface area contributed by atoms with E-state index in [1.54, 1.807) is 7.11 Å². The number of nitrogens with zero attached hydrogens (tertiary/aromatic N) is 1. The van der Waals surface area contributed by atoms with Crippen molar-refractivity contribution in [2.24, 2.45) is 5.92 Å². The Morgan fingerprint density at radius 3 is 2.53 bits per heavy atom. The number of carbonyl (C=O) groups is 1. The third-order valence-electron chi connectivity index (χ3n) is 4.30. The van der Waals surface area contributed by atoms with Gasteiger partial charge >= 0.3 is 0 Å². The smallest absolute Gasteiger partial charge is 0.254 e. The molecule has 4 heteroatoms. The Morgan fingerprint density at radius 1 is 1.41 bits per heavy atom. The maximum absolute atomic E-state index is 12.5. The second-order valence-electron chi connectivity index (χ2n) is 5.43. The van der Waals surface area contributed by atoms with Gasteiger partial charge in [-0.05, 0) is 44.7 Å². The van der Waals surface area contributed by atoms with Crippen LogP contribution < -0.4 is 5.32 Å². The van der Waals surface area contributed by atoms with E-state index in [0.29, 0.717) is 0 Å². The topological polar surface area (TPSA) is 41.6 Å². The Kier molecular flexibility index (Phi) is 4.05. The second-order valence-corrected chi connectivity index (χ2v) is 5.43. The molecule has 0 bridgehead atoms. The first kappa shape index (κ1) is 12.8. The van der Waals surface area contributed by atoms with Gasteiger partial charge in [-0.2, -0.15) is 0 Å². The van der Waals surface area contributed by atoms with Crippen molar-refractivity contribution < 1.29 is 9.53 Å². The zero-order chi connectivity index (χ0) is 12.3. The molecule has 1 N–H and O–H groups in total. The van der Waals surface area contributed by atoms with Crippen molar-refractivity contribution in [3.05, 3.63) is 0 Å². The summed E-state index contributed by atoms with van der Waals surface area (Å²) in [5, 5.41) is 3.28. The number of ether oxygens (including phenoxy) is 1. The van der Waals surface area contributed by atoms with Crippen LogP contribution in [0.2, 0.25) is 0 Å². The molecule has 4 nitrogen and oxygen atoms in total. The molecule has 0 aromatic rings. The normalized spacial score (nSPS) is 24.1. The Labute approximate surface area is 104 Å². The van der Waals surface area contributed by atoms with Crippen LogP contribution in [0.5, 0.6) is 0 Å². The molecule has 0 radical (unpaired) electrons. The van der Waals surface area contributed by atoms with Crippen molar-refractivity contribution in [1.82, 2.24) is 10.2 Å². The standard InChI is InChI=1S/C13H24N2O2/c1-15(10-11-4-3-5-11)12(16)13(17-2)6-8-14-9-7-13/h11,14H,3-10H2,1-2H3. The summed E-state index contributed by atoms with van der Waals surface area (Å²) in [5.74, 6) is 0.896. The molecule has 2 rings (SSSR count). The van der Waals surface area contributed by atoms with Crippen molar-refractivity contribution in [2.75, 3.05) is 33.8 Å². The average Bonchev–Trinajstić information content (AvgIpc) is 2.33. The van der Waals surface area contributed by atoms with Gasteiger partial charge in [0, 0.05) is 20.7 Å². The van der Waals surface area contributed by atoms with Gasteiger partial charge in [-0.3, -0.25) is 4.79 Å². The molecular weight excluding hydrogens is 216 g/mol. The highest BCUT2D eigenvalue weighted by Gasteiger charge is 2.41. The Balaban J connectivity index is 1.94. The summed E-state index contributed by atoms with van der Waals surface area (Å²) in [6, 6.07) is 0. The van der Waals surface area contributed by atoms with Crippen LogP contribution >= 0.6 is 0 Å². The largest absolute Gasteiger partial charge is 0.368 e. The first-order chi connectivity index (χ1) is 8.18. The minimum absolute atomic E-state index is 0.174. The summed E-state index contributed by atoms with van der Waals surface area (Å²) in [6.45, 7) is 2.64. The molecule has 1 amide bonds. The molecule has 2 fully saturated rings. The number of rotatable bonds is 4. The van der Waals surface area contributed by atoms with Crippen molar-refractivity contribution in [3.8, 4) is 0 Å². The summed E-state index contributed by atoms with van der Waals surface area (Å²) >= 11 is 0. The van der Waals surface area contributed by atoms with E-state index in [1.165, 1.54) is 19.3 Å². The monoisotopic (exact) mass is 240 g/mol. The second kappa shape index (κ2) is 5.36. The number of likely N-dealkylation sites (N-methyl/N-ethyl adjacent to an activating group) is 1. The Morgan fingerprint density at radius 2 is 2.06 bits per heavy atom. The van der Waals surface area contributed by atoms with Crippen LogP contribution in [0.1, 0.15) is 32.1 Å². The van der Waals surface area contributed by atoms with Crippen LogP contribution in [0.4, 0.5) is 0 Å². The molecule has 1 aliphatic heterocycles. The number of amides is 1. The zero-order valence-electron chi connectivity index (χ0n) is 11.0. The summed E-state index contributed by atoms with van der Waals surface area (Å²) in [5.41, 5.74) is -0.566. The summed E-state index contributed by atoms with van der Waals surface area (Å²) in [6.07, 6.45) is 5.46. The van der Waals surface area contributed by atoms with Gasteiger partial charge in [-0.25, -0.2) is 0 Å². The van der Waals surface area contributed by atoms with E-state index in [-0.39, 0.29) is 5.91 Å². The highest BCUT2D eigenvalue weighted by atomic mass is 16.5. The average molecular weight is 240 g/mol. The van der Waals surface area contributed by atoms with E-state index in [9.17, 15) is 4.79 Å². The quantitative estimate of drug-likeness (QED) is 0.797. The lowest BCUT2D eigenvalue weighted by Gasteiger charge is -2.39. The van der Waals surface area contributed by atoms with Crippen LogP contribution in [0.3, 0.4) is 0 Å². The molecule has 0 atom stereocenters. The molecule has 98 valence electrons. The molecule has 17 heavy (non-hydrogen) atoms. The first-order valence-corrected chi connectivity index (χ1v) is 6.69. The van der Waals surface area contributed by atoms with Crippen LogP contribution in [0.25, 0.3) is 0 Å². The van der Waals surface area contributed by atoms with E-state index in [2.05, 4.69) is 5.32 Å². The predicted molar refractivity (Wildman–Crippen MR) is 66.8 cm³/mol. The third-order valence-corrected chi connectivity index (χ3v) is 4.30. The summed E-state index contributed by atoms with van der Waals surface area (Å²) in [4.78, 5) is 14.4. The fraction of sp³-hybridized carbons (Fsp3) is 0.923. The molecule has 1 heterocycles. The molecule has 1 saturated carbocycles. The lowest BCUT2D eigenvalue weighted by molar-refractivity contribution is -0.157. The van der Waals surface area contributed by atoms with Crippen molar-refractivity contribution in [3.63, 3.8) is 0 Å². The SMILES string of the molecule is COC1(C(=O)N(C)CC2CCC2)CCNCC1. The minimum Gasteiger partial charge on any atom is -0.368 e. The Hall–Kier alpha value is -0.610. The fourth-order valence-electron chi connectivity index (χ4n) is 2.83. The molecule has 2 aliphatic rings. The number of methoxy groups -OCH3 is 1. The van der Waals surface area contributed by atoms with E-state index in [4.69, 9.17) is 4.74 Å². The minimum atomic E-state index is -0.566. The van der Waals surface area contributed by atoms with Gasteiger partial charge in [0.25, 0.3) is 5.91 Å². The maximum Gasteiger partial charge on any atom is 0.254 e. The van der Waals surface area contributed by atoms with Crippen molar-refractivity contribution in [2.45, 2.75) is 37.7 Å². The van der Waals surface area contributed by atoms with E-state index < -0.39 is 5.60 Å². The number of carbonyl (C=O) groups excluding carboxylic acids is 1. The van der Waals surface area contributed by atoms with Crippen LogP contribution in [0.15, 0.2) is 0 Å². The highest BCUT2D eigenvalue weighted by Crippen LogP contribution is 2.29. The van der Waals surface area contributed by atoms with E-state index in [0.717, 1.165) is 38.4 Å². The first-order valence-electron chi connectivity index (χ1n) is 6.69. The summed E-state index contributed by atoms with van der Waals surface area (Å²) in [7, 11) is 3.59. The van der Waals surface area contributed by atoms with Crippen LogP contribution in [0, 0.1) is 5.92 Å². The Bertz CT molecular complexity index is 271. The molecule has 0 aromatic heterocycles. The zero-order valence-corrected chi connectivity index (χ0v) is 11.0. The van der Waals surface area contributed by atoms with Gasteiger partial charge in [-0.1, -0.05) is 6.42 Å². The highest BCUT2D eigenvalue weighted by molar-refractivity contribution is 5.85. The van der Waals surface area contributed by atoms with Crippen molar-refractivity contribution >= 4 is 5.91 Å². The van der Waals surface area contributed by atoms with Gasteiger partial charge < -0.3 is 15.0 Å². The van der Waals surface area contributed by atoms with Gasteiger partial charge in [0.15, 0.2) is 0 Å². The molecule has 1 aliphatic carbocycles. The lowest BCUT2D eigenvalue weighted by Crippen LogP contribution is -2.55. The van der Waals surface area contributed by atoms with Gasteiger partial charge in [-0.15, -0.1) is 0 Å². The van der Waals surface area contributed by atoms with Gasteiger partial charge in [0.2, 0.25) is 0 Å². The van der Waals surface area contributed by atoms with Gasteiger partial charge in [0.1, 0.15) is 5.60 Å².